The highest BCUT2D eigenvalue weighted by Crippen LogP contribution is 2.45. The summed E-state index contributed by atoms with van der Waals surface area (Å²) in [4.78, 5) is 12.8. The molecule has 2 atom stereocenters. The van der Waals surface area contributed by atoms with E-state index in [-0.39, 0.29) is 17.1 Å². The van der Waals surface area contributed by atoms with E-state index in [1.807, 2.05) is 6.07 Å². The Hall–Kier alpha value is -1.33. The maximum atomic E-state index is 12.8. The summed E-state index contributed by atoms with van der Waals surface area (Å²) in [6.07, 6.45) is 3.37. The Balaban J connectivity index is 2.35. The highest BCUT2D eigenvalue weighted by atomic mass is 35.5. The van der Waals surface area contributed by atoms with Crippen LogP contribution in [0.4, 0.5) is 0 Å². The van der Waals surface area contributed by atoms with Gasteiger partial charge in [-0.15, -0.1) is 0 Å². The molecular formula is C17H20ClNO. The first kappa shape index (κ1) is 15.1. The van der Waals surface area contributed by atoms with Crippen molar-refractivity contribution >= 4 is 17.4 Å². The van der Waals surface area contributed by atoms with Crippen molar-refractivity contribution < 1.29 is 4.79 Å². The van der Waals surface area contributed by atoms with Crippen molar-refractivity contribution in [2.75, 3.05) is 0 Å². The van der Waals surface area contributed by atoms with E-state index >= 15 is 0 Å². The van der Waals surface area contributed by atoms with Gasteiger partial charge in [0.2, 0.25) is 0 Å². The van der Waals surface area contributed by atoms with Crippen LogP contribution >= 0.6 is 11.6 Å². The fraction of sp³-hybridized carbons (Fsp3) is 0.529. The SMILES string of the molecule is C[C@H]1CCCC(C)(C)[C@@H]1C(=O)c1ccc(C#N)c(Cl)c1. The molecule has 0 spiro atoms. The molecule has 1 aromatic rings. The van der Waals surface area contributed by atoms with E-state index in [0.29, 0.717) is 22.1 Å². The third kappa shape index (κ3) is 2.74. The van der Waals surface area contributed by atoms with Gasteiger partial charge in [0.25, 0.3) is 0 Å². The van der Waals surface area contributed by atoms with Crippen molar-refractivity contribution in [2.24, 2.45) is 17.3 Å². The molecule has 0 radical (unpaired) electrons. The number of carbonyl (C=O) groups is 1. The Morgan fingerprint density at radius 3 is 2.70 bits per heavy atom. The van der Waals surface area contributed by atoms with Crippen LogP contribution in [0.2, 0.25) is 5.02 Å². The van der Waals surface area contributed by atoms with E-state index in [1.165, 1.54) is 6.42 Å². The first-order valence-electron chi connectivity index (χ1n) is 7.10. The summed E-state index contributed by atoms with van der Waals surface area (Å²) in [7, 11) is 0. The van der Waals surface area contributed by atoms with Crippen molar-refractivity contribution in [3.63, 3.8) is 0 Å². The fourth-order valence-electron chi connectivity index (χ4n) is 3.52. The van der Waals surface area contributed by atoms with Gasteiger partial charge in [-0.05, 0) is 42.4 Å². The Morgan fingerprint density at radius 2 is 2.15 bits per heavy atom. The summed E-state index contributed by atoms with van der Waals surface area (Å²) in [6.45, 7) is 6.52. The molecule has 0 saturated heterocycles. The number of hydrogen-bond acceptors (Lipinski definition) is 2. The van der Waals surface area contributed by atoms with E-state index in [0.717, 1.165) is 12.8 Å². The molecule has 1 aliphatic rings. The topological polar surface area (TPSA) is 40.9 Å². The molecule has 0 unspecified atom stereocenters. The first-order chi connectivity index (χ1) is 9.36. The number of rotatable bonds is 2. The molecule has 1 aliphatic carbocycles. The van der Waals surface area contributed by atoms with E-state index < -0.39 is 0 Å². The van der Waals surface area contributed by atoms with Crippen LogP contribution in [0.25, 0.3) is 0 Å². The lowest BCUT2D eigenvalue weighted by atomic mass is 9.62. The molecule has 0 N–H and O–H groups in total. The molecular weight excluding hydrogens is 270 g/mol. The predicted molar refractivity (Wildman–Crippen MR) is 80.8 cm³/mol. The average molecular weight is 290 g/mol. The summed E-state index contributed by atoms with van der Waals surface area (Å²) >= 11 is 6.05. The number of hydrogen-bond donors (Lipinski definition) is 0. The normalized spacial score (nSPS) is 24.9. The molecule has 0 aliphatic heterocycles. The van der Waals surface area contributed by atoms with Crippen molar-refractivity contribution in [3.8, 4) is 6.07 Å². The van der Waals surface area contributed by atoms with Crippen molar-refractivity contribution in [2.45, 2.75) is 40.0 Å². The molecule has 0 bridgehead atoms. The van der Waals surface area contributed by atoms with Crippen molar-refractivity contribution in [3.05, 3.63) is 34.3 Å². The lowest BCUT2D eigenvalue weighted by Crippen LogP contribution is -2.39. The van der Waals surface area contributed by atoms with Crippen molar-refractivity contribution in [1.82, 2.24) is 0 Å². The number of carbonyl (C=O) groups excluding carboxylic acids is 1. The van der Waals surface area contributed by atoms with Crippen LogP contribution in [0, 0.1) is 28.6 Å². The monoisotopic (exact) mass is 289 g/mol. The maximum Gasteiger partial charge on any atom is 0.166 e. The minimum Gasteiger partial charge on any atom is -0.294 e. The molecule has 1 saturated carbocycles. The maximum absolute atomic E-state index is 12.8. The van der Waals surface area contributed by atoms with E-state index in [4.69, 9.17) is 16.9 Å². The van der Waals surface area contributed by atoms with Gasteiger partial charge in [0.05, 0.1) is 10.6 Å². The van der Waals surface area contributed by atoms with Gasteiger partial charge in [-0.1, -0.05) is 38.8 Å². The van der Waals surface area contributed by atoms with Gasteiger partial charge in [-0.25, -0.2) is 0 Å². The van der Waals surface area contributed by atoms with Crippen LogP contribution < -0.4 is 0 Å². The number of Topliss-reactive ketones (excluding diaryl/α,β-unsaturated/α-hetero) is 1. The van der Waals surface area contributed by atoms with Crippen LogP contribution in [-0.2, 0) is 0 Å². The smallest absolute Gasteiger partial charge is 0.166 e. The minimum atomic E-state index is 0.0229. The van der Waals surface area contributed by atoms with Crippen LogP contribution in [0.15, 0.2) is 18.2 Å². The summed E-state index contributed by atoms with van der Waals surface area (Å²) in [6, 6.07) is 7.02. The largest absolute Gasteiger partial charge is 0.294 e. The molecule has 1 aromatic carbocycles. The van der Waals surface area contributed by atoms with Crippen LogP contribution in [0.5, 0.6) is 0 Å². The molecule has 2 rings (SSSR count). The summed E-state index contributed by atoms with van der Waals surface area (Å²) < 4.78 is 0. The molecule has 1 fully saturated rings. The second kappa shape index (κ2) is 5.58. The second-order valence-corrected chi connectivity index (χ2v) is 6.91. The summed E-state index contributed by atoms with van der Waals surface area (Å²) in [5.41, 5.74) is 1.06. The minimum absolute atomic E-state index is 0.0229. The molecule has 0 aromatic heterocycles. The number of ketones is 1. The van der Waals surface area contributed by atoms with Gasteiger partial charge in [0.1, 0.15) is 6.07 Å². The zero-order valence-electron chi connectivity index (χ0n) is 12.2. The first-order valence-corrected chi connectivity index (χ1v) is 7.48. The van der Waals surface area contributed by atoms with Crippen LogP contribution in [0.3, 0.4) is 0 Å². The van der Waals surface area contributed by atoms with E-state index in [2.05, 4.69) is 20.8 Å². The molecule has 0 heterocycles. The average Bonchev–Trinajstić information content (AvgIpc) is 2.37. The Labute approximate surface area is 125 Å². The quantitative estimate of drug-likeness (QED) is 0.730. The third-order valence-electron chi connectivity index (χ3n) is 4.55. The predicted octanol–water partition coefficient (Wildman–Crippen LogP) is 4.86. The third-order valence-corrected chi connectivity index (χ3v) is 4.86. The van der Waals surface area contributed by atoms with Crippen molar-refractivity contribution in [1.29, 1.82) is 5.26 Å². The molecule has 20 heavy (non-hydrogen) atoms. The number of benzene rings is 1. The molecule has 0 amide bonds. The molecule has 3 heteroatoms. The Morgan fingerprint density at radius 1 is 1.45 bits per heavy atom. The fourth-order valence-corrected chi connectivity index (χ4v) is 3.75. The standard InChI is InChI=1S/C17H20ClNO/c1-11-5-4-8-17(2,3)15(11)16(20)12-6-7-13(10-19)14(18)9-12/h6-7,9,11,15H,4-5,8H2,1-3H3/t11-,15-/m0/s1. The van der Waals surface area contributed by atoms with Gasteiger partial charge in [-0.2, -0.15) is 5.26 Å². The zero-order valence-corrected chi connectivity index (χ0v) is 13.0. The summed E-state index contributed by atoms with van der Waals surface area (Å²) in [5, 5.41) is 9.26. The Kier molecular flexibility index (Phi) is 4.20. The number of nitrogens with zero attached hydrogens (tertiary/aromatic N) is 1. The van der Waals surface area contributed by atoms with Gasteiger partial charge < -0.3 is 0 Å². The number of halogens is 1. The molecule has 106 valence electrons. The lowest BCUT2D eigenvalue weighted by Gasteiger charge is -2.42. The second-order valence-electron chi connectivity index (χ2n) is 6.51. The van der Waals surface area contributed by atoms with E-state index in [1.54, 1.807) is 18.2 Å². The van der Waals surface area contributed by atoms with Gasteiger partial charge >= 0.3 is 0 Å². The summed E-state index contributed by atoms with van der Waals surface area (Å²) in [5.74, 6) is 0.578. The number of nitriles is 1. The zero-order chi connectivity index (χ0) is 14.9. The molecule has 2 nitrogen and oxygen atoms in total. The van der Waals surface area contributed by atoms with Gasteiger partial charge in [0, 0.05) is 11.5 Å². The van der Waals surface area contributed by atoms with Gasteiger partial charge in [-0.3, -0.25) is 4.79 Å². The Bertz CT molecular complexity index is 571. The van der Waals surface area contributed by atoms with Gasteiger partial charge in [0.15, 0.2) is 5.78 Å². The highest BCUT2D eigenvalue weighted by Gasteiger charge is 2.41. The highest BCUT2D eigenvalue weighted by molar-refractivity contribution is 6.32. The van der Waals surface area contributed by atoms with Crippen LogP contribution in [-0.4, -0.2) is 5.78 Å². The lowest BCUT2D eigenvalue weighted by molar-refractivity contribution is 0.0539. The van der Waals surface area contributed by atoms with Crippen LogP contribution in [0.1, 0.15) is 56.0 Å². The van der Waals surface area contributed by atoms with E-state index in [9.17, 15) is 4.79 Å².